The predicted molar refractivity (Wildman–Crippen MR) is 77.5 cm³/mol. The molecule has 1 atom stereocenters. The zero-order valence-electron chi connectivity index (χ0n) is 10.9. The van der Waals surface area contributed by atoms with Crippen LogP contribution in [0, 0.1) is 5.82 Å². The van der Waals surface area contributed by atoms with Crippen LogP contribution in [0.1, 0.15) is 29.8 Å². The number of nitrogens with zero attached hydrogens (tertiary/aromatic N) is 1. The summed E-state index contributed by atoms with van der Waals surface area (Å²) in [6, 6.07) is 3.13. The van der Waals surface area contributed by atoms with Crippen molar-refractivity contribution in [2.75, 3.05) is 10.6 Å². The van der Waals surface area contributed by atoms with Crippen LogP contribution < -0.4 is 10.6 Å². The SMILES string of the molecule is CC(Nc1cc2c(cc1F)CCC(=O)N2)c1cncs1. The summed E-state index contributed by atoms with van der Waals surface area (Å²) in [6.07, 6.45) is 2.76. The molecule has 1 aromatic heterocycles. The maximum atomic E-state index is 14.1. The minimum absolute atomic E-state index is 0.0226. The van der Waals surface area contributed by atoms with Crippen molar-refractivity contribution < 1.29 is 9.18 Å². The fraction of sp³-hybridized carbons (Fsp3) is 0.286. The standard InChI is InChI=1S/C14H14FN3OS/c1-8(13-6-16-7-20-13)17-12-5-11-9(4-10(12)15)2-3-14(19)18-11/h4-8,17H,2-3H2,1H3,(H,18,19). The number of halogens is 1. The summed E-state index contributed by atoms with van der Waals surface area (Å²) in [7, 11) is 0. The second-order valence-corrected chi connectivity index (χ2v) is 5.73. The first-order valence-corrected chi connectivity index (χ1v) is 7.28. The molecular weight excluding hydrogens is 277 g/mol. The topological polar surface area (TPSA) is 54.0 Å². The zero-order valence-corrected chi connectivity index (χ0v) is 11.8. The number of thiazole rings is 1. The van der Waals surface area contributed by atoms with Gasteiger partial charge in [0.2, 0.25) is 5.91 Å². The Hall–Kier alpha value is -1.95. The number of benzene rings is 1. The molecule has 3 rings (SSSR count). The molecule has 1 amide bonds. The third-order valence-corrected chi connectivity index (χ3v) is 4.30. The normalized spacial score (nSPS) is 15.4. The lowest BCUT2D eigenvalue weighted by atomic mass is 10.0. The molecule has 0 aliphatic carbocycles. The molecule has 2 N–H and O–H groups in total. The van der Waals surface area contributed by atoms with E-state index < -0.39 is 0 Å². The Morgan fingerprint density at radius 1 is 1.45 bits per heavy atom. The highest BCUT2D eigenvalue weighted by Crippen LogP contribution is 2.31. The molecule has 1 aromatic carbocycles. The minimum atomic E-state index is -0.295. The van der Waals surface area contributed by atoms with Crippen LogP contribution in [-0.2, 0) is 11.2 Å². The van der Waals surface area contributed by atoms with Crippen molar-refractivity contribution in [1.82, 2.24) is 4.98 Å². The summed E-state index contributed by atoms with van der Waals surface area (Å²) in [4.78, 5) is 16.4. The number of nitrogens with one attached hydrogen (secondary N) is 2. The number of rotatable bonds is 3. The van der Waals surface area contributed by atoms with Gasteiger partial charge in [0, 0.05) is 23.2 Å². The zero-order chi connectivity index (χ0) is 14.1. The summed E-state index contributed by atoms with van der Waals surface area (Å²) in [5.74, 6) is -0.318. The van der Waals surface area contributed by atoms with Crippen molar-refractivity contribution in [2.24, 2.45) is 0 Å². The largest absolute Gasteiger partial charge is 0.375 e. The molecule has 0 saturated carbocycles. The van der Waals surface area contributed by atoms with Crippen molar-refractivity contribution in [3.05, 3.63) is 40.1 Å². The smallest absolute Gasteiger partial charge is 0.224 e. The van der Waals surface area contributed by atoms with E-state index in [0.717, 1.165) is 10.4 Å². The van der Waals surface area contributed by atoms with Crippen molar-refractivity contribution in [3.8, 4) is 0 Å². The van der Waals surface area contributed by atoms with Gasteiger partial charge in [-0.2, -0.15) is 0 Å². The third-order valence-electron chi connectivity index (χ3n) is 3.34. The second kappa shape index (κ2) is 5.20. The highest BCUT2D eigenvalue weighted by Gasteiger charge is 2.18. The maximum absolute atomic E-state index is 14.1. The molecule has 104 valence electrons. The van der Waals surface area contributed by atoms with E-state index in [9.17, 15) is 9.18 Å². The van der Waals surface area contributed by atoms with Crippen LogP contribution in [-0.4, -0.2) is 10.9 Å². The van der Waals surface area contributed by atoms with E-state index in [0.29, 0.717) is 24.2 Å². The number of fused-ring (bicyclic) bond motifs is 1. The lowest BCUT2D eigenvalue weighted by Gasteiger charge is -2.20. The van der Waals surface area contributed by atoms with Gasteiger partial charge in [-0.25, -0.2) is 4.39 Å². The van der Waals surface area contributed by atoms with E-state index in [1.54, 1.807) is 17.8 Å². The van der Waals surface area contributed by atoms with Gasteiger partial charge in [-0.1, -0.05) is 0 Å². The molecule has 1 aliphatic heterocycles. The Labute approximate surface area is 120 Å². The lowest BCUT2D eigenvalue weighted by Crippen LogP contribution is -2.19. The van der Waals surface area contributed by atoms with E-state index in [4.69, 9.17) is 0 Å². The predicted octanol–water partition coefficient (Wildman–Crippen LogP) is 3.34. The number of anilines is 2. The van der Waals surface area contributed by atoms with Crippen LogP contribution in [0.3, 0.4) is 0 Å². The van der Waals surface area contributed by atoms with Crippen LogP contribution >= 0.6 is 11.3 Å². The number of hydrogen-bond donors (Lipinski definition) is 2. The van der Waals surface area contributed by atoms with Gasteiger partial charge in [0.15, 0.2) is 0 Å². The average Bonchev–Trinajstić information content (AvgIpc) is 2.94. The van der Waals surface area contributed by atoms with Crippen LogP contribution in [0.5, 0.6) is 0 Å². The molecule has 0 bridgehead atoms. The molecule has 0 radical (unpaired) electrons. The lowest BCUT2D eigenvalue weighted by molar-refractivity contribution is -0.116. The Kier molecular flexibility index (Phi) is 3.40. The van der Waals surface area contributed by atoms with Crippen molar-refractivity contribution >= 4 is 28.6 Å². The van der Waals surface area contributed by atoms with E-state index >= 15 is 0 Å². The second-order valence-electron chi connectivity index (χ2n) is 4.81. The summed E-state index contributed by atoms with van der Waals surface area (Å²) in [6.45, 7) is 1.95. The number of aryl methyl sites for hydroxylation is 1. The van der Waals surface area contributed by atoms with Gasteiger partial charge in [-0.05, 0) is 31.0 Å². The molecule has 0 fully saturated rings. The van der Waals surface area contributed by atoms with E-state index in [1.807, 2.05) is 6.92 Å². The molecule has 20 heavy (non-hydrogen) atoms. The maximum Gasteiger partial charge on any atom is 0.224 e. The van der Waals surface area contributed by atoms with Gasteiger partial charge in [0.1, 0.15) is 5.82 Å². The fourth-order valence-corrected chi connectivity index (χ4v) is 2.88. The van der Waals surface area contributed by atoms with E-state index in [2.05, 4.69) is 15.6 Å². The van der Waals surface area contributed by atoms with Gasteiger partial charge in [-0.3, -0.25) is 9.78 Å². The number of hydrogen-bond acceptors (Lipinski definition) is 4. The molecule has 1 aliphatic rings. The van der Waals surface area contributed by atoms with Gasteiger partial charge in [0.05, 0.1) is 17.2 Å². The molecule has 0 spiro atoms. The first kappa shape index (κ1) is 13.1. The summed E-state index contributed by atoms with van der Waals surface area (Å²) >= 11 is 1.52. The molecule has 2 aromatic rings. The molecule has 0 saturated heterocycles. The first-order chi connectivity index (χ1) is 9.63. The van der Waals surface area contributed by atoms with Crippen molar-refractivity contribution in [2.45, 2.75) is 25.8 Å². The molecule has 1 unspecified atom stereocenters. The van der Waals surface area contributed by atoms with E-state index in [-0.39, 0.29) is 17.8 Å². The molecule has 4 nitrogen and oxygen atoms in total. The van der Waals surface area contributed by atoms with Crippen LogP contribution in [0.4, 0.5) is 15.8 Å². The Balaban J connectivity index is 1.86. The third kappa shape index (κ3) is 2.51. The minimum Gasteiger partial charge on any atom is -0.375 e. The first-order valence-electron chi connectivity index (χ1n) is 6.40. The molecule has 2 heterocycles. The number of carbonyl (C=O) groups is 1. The Morgan fingerprint density at radius 2 is 2.30 bits per heavy atom. The van der Waals surface area contributed by atoms with Gasteiger partial charge in [0.25, 0.3) is 0 Å². The Bertz CT molecular complexity index is 642. The molecular formula is C14H14FN3OS. The van der Waals surface area contributed by atoms with Crippen LogP contribution in [0.25, 0.3) is 0 Å². The monoisotopic (exact) mass is 291 g/mol. The Morgan fingerprint density at radius 3 is 3.05 bits per heavy atom. The number of carbonyl (C=O) groups excluding carboxylic acids is 1. The summed E-state index contributed by atoms with van der Waals surface area (Å²) in [5.41, 5.74) is 3.68. The van der Waals surface area contributed by atoms with Crippen LogP contribution in [0.15, 0.2) is 23.8 Å². The van der Waals surface area contributed by atoms with Crippen molar-refractivity contribution in [1.29, 1.82) is 0 Å². The van der Waals surface area contributed by atoms with Gasteiger partial charge >= 0.3 is 0 Å². The van der Waals surface area contributed by atoms with E-state index in [1.165, 1.54) is 17.4 Å². The van der Waals surface area contributed by atoms with Crippen molar-refractivity contribution in [3.63, 3.8) is 0 Å². The number of amides is 1. The highest BCUT2D eigenvalue weighted by molar-refractivity contribution is 7.09. The van der Waals surface area contributed by atoms with Gasteiger partial charge in [-0.15, -0.1) is 11.3 Å². The highest BCUT2D eigenvalue weighted by atomic mass is 32.1. The quantitative estimate of drug-likeness (QED) is 0.912. The van der Waals surface area contributed by atoms with Crippen LogP contribution in [0.2, 0.25) is 0 Å². The summed E-state index contributed by atoms with van der Waals surface area (Å²) in [5, 5.41) is 5.90. The fourth-order valence-electron chi connectivity index (χ4n) is 2.25. The summed E-state index contributed by atoms with van der Waals surface area (Å²) < 4.78 is 14.1. The molecule has 6 heteroatoms. The van der Waals surface area contributed by atoms with Gasteiger partial charge < -0.3 is 10.6 Å². The average molecular weight is 291 g/mol. The number of aromatic nitrogens is 1.